The van der Waals surface area contributed by atoms with Gasteiger partial charge in [0.05, 0.1) is 0 Å². The molecule has 0 amide bonds. The second-order valence-electron chi connectivity index (χ2n) is 5.91. The molecule has 4 aromatic rings. The first-order valence-corrected chi connectivity index (χ1v) is 10.8. The monoisotopic (exact) mass is 430 g/mol. The number of thioether (sulfide) groups is 1. The van der Waals surface area contributed by atoms with Crippen molar-refractivity contribution in [2.75, 3.05) is 6.26 Å². The molecule has 2 aromatic heterocycles. The van der Waals surface area contributed by atoms with Crippen molar-refractivity contribution in [2.45, 2.75) is 17.9 Å². The normalized spacial score (nSPS) is 11.1. The molecule has 0 atom stereocenters. The minimum atomic E-state index is -0.257. The van der Waals surface area contributed by atoms with Crippen LogP contribution in [0.3, 0.4) is 0 Å². The predicted molar refractivity (Wildman–Crippen MR) is 112 cm³/mol. The van der Waals surface area contributed by atoms with Gasteiger partial charge in [0.25, 0.3) is 5.56 Å². The maximum Gasteiger partial charge on any atom is 0.297 e. The summed E-state index contributed by atoms with van der Waals surface area (Å²) in [6.07, 6.45) is 2.44. The fraction of sp³-hybridized carbons (Fsp3) is 0.158. The van der Waals surface area contributed by atoms with Crippen molar-refractivity contribution in [1.82, 2.24) is 19.8 Å². The summed E-state index contributed by atoms with van der Waals surface area (Å²) in [7, 11) is 0. The van der Waals surface area contributed by atoms with Gasteiger partial charge in [-0.1, -0.05) is 35.1 Å². The van der Waals surface area contributed by atoms with Gasteiger partial charge < -0.3 is 4.74 Å². The van der Waals surface area contributed by atoms with Crippen molar-refractivity contribution in [3.63, 3.8) is 0 Å². The molecular formula is C19H15ClN4O2S2. The Morgan fingerprint density at radius 2 is 1.86 bits per heavy atom. The Morgan fingerprint density at radius 1 is 1.11 bits per heavy atom. The first-order chi connectivity index (χ1) is 13.6. The van der Waals surface area contributed by atoms with E-state index in [1.54, 1.807) is 36.0 Å². The summed E-state index contributed by atoms with van der Waals surface area (Å²) in [6, 6.07) is 15.1. The zero-order chi connectivity index (χ0) is 19.5. The van der Waals surface area contributed by atoms with Crippen LogP contribution in [0.4, 0.5) is 0 Å². The molecule has 0 saturated carbocycles. The Labute approximate surface area is 174 Å². The second kappa shape index (κ2) is 8.30. The third kappa shape index (κ3) is 4.19. The number of rotatable bonds is 6. The largest absolute Gasteiger partial charge is 0.486 e. The number of benzene rings is 2. The molecule has 0 N–H and O–H groups in total. The summed E-state index contributed by atoms with van der Waals surface area (Å²) < 4.78 is 6.98. The number of nitrogens with zero attached hydrogens (tertiary/aromatic N) is 4. The van der Waals surface area contributed by atoms with Gasteiger partial charge in [-0.15, -0.1) is 22.0 Å². The number of fused-ring (bicyclic) bond motifs is 1. The van der Waals surface area contributed by atoms with Crippen molar-refractivity contribution < 1.29 is 4.74 Å². The summed E-state index contributed by atoms with van der Waals surface area (Å²) in [5.74, 6) is 0.677. The van der Waals surface area contributed by atoms with Gasteiger partial charge >= 0.3 is 0 Å². The molecule has 142 valence electrons. The van der Waals surface area contributed by atoms with Crippen LogP contribution in [0.1, 0.15) is 16.3 Å². The zero-order valence-corrected chi connectivity index (χ0v) is 17.2. The quantitative estimate of drug-likeness (QED) is 0.429. The Hall–Kier alpha value is -2.42. The smallest absolute Gasteiger partial charge is 0.297 e. The topological polar surface area (TPSA) is 69.4 Å². The Kier molecular flexibility index (Phi) is 5.61. The summed E-state index contributed by atoms with van der Waals surface area (Å²) in [6.45, 7) is 0.237. The number of hydrogen-bond donors (Lipinski definition) is 0. The highest BCUT2D eigenvalue weighted by atomic mass is 35.5. The van der Waals surface area contributed by atoms with Crippen LogP contribution in [0.2, 0.25) is 5.02 Å². The van der Waals surface area contributed by atoms with Crippen molar-refractivity contribution >= 4 is 39.7 Å². The average molecular weight is 431 g/mol. The van der Waals surface area contributed by atoms with E-state index >= 15 is 0 Å². The van der Waals surface area contributed by atoms with E-state index in [1.165, 1.54) is 20.7 Å². The highest BCUT2D eigenvalue weighted by Gasteiger charge is 2.13. The fourth-order valence-electron chi connectivity index (χ4n) is 2.57. The lowest BCUT2D eigenvalue weighted by molar-refractivity contribution is 0.304. The summed E-state index contributed by atoms with van der Waals surface area (Å²) in [4.78, 5) is 14.3. The molecule has 0 aliphatic rings. The van der Waals surface area contributed by atoms with Crippen LogP contribution in [0.5, 0.6) is 5.75 Å². The van der Waals surface area contributed by atoms with Crippen LogP contribution < -0.4 is 10.3 Å². The Balaban J connectivity index is 1.53. The fourth-order valence-corrected chi connectivity index (χ4v) is 3.85. The van der Waals surface area contributed by atoms with Crippen LogP contribution in [0.25, 0.3) is 4.96 Å². The first kappa shape index (κ1) is 18.9. The highest BCUT2D eigenvalue weighted by Crippen LogP contribution is 2.19. The van der Waals surface area contributed by atoms with Gasteiger partial charge in [0, 0.05) is 16.3 Å². The molecule has 6 nitrogen and oxygen atoms in total. The standard InChI is InChI=1S/C19H15ClN4O2S2/c1-27-15-8-2-12(3-9-15)10-16-18(25)24-19(22-21-16)28-17(23-24)11-26-14-6-4-13(20)5-7-14/h2-9H,10-11H2,1H3. The molecule has 0 saturated heterocycles. The van der Waals surface area contributed by atoms with Crippen LogP contribution in [0, 0.1) is 0 Å². The SMILES string of the molecule is CSc1ccc(Cc2nnc3sc(COc4ccc(Cl)cc4)nn3c2=O)cc1. The van der Waals surface area contributed by atoms with Gasteiger partial charge in [0.2, 0.25) is 4.96 Å². The molecule has 0 bridgehead atoms. The number of aromatic nitrogens is 4. The maximum absolute atomic E-state index is 12.7. The average Bonchev–Trinajstić information content (AvgIpc) is 3.14. The zero-order valence-electron chi connectivity index (χ0n) is 14.8. The molecule has 0 fully saturated rings. The van der Waals surface area contributed by atoms with E-state index in [0.717, 1.165) is 5.56 Å². The molecular weight excluding hydrogens is 416 g/mol. The van der Waals surface area contributed by atoms with Crippen LogP contribution in [-0.2, 0) is 13.0 Å². The van der Waals surface area contributed by atoms with Crippen molar-refractivity contribution in [3.05, 3.63) is 80.2 Å². The van der Waals surface area contributed by atoms with Gasteiger partial charge in [0.15, 0.2) is 5.01 Å². The second-order valence-corrected chi connectivity index (χ2v) is 8.27. The van der Waals surface area contributed by atoms with Crippen molar-refractivity contribution in [3.8, 4) is 5.75 Å². The van der Waals surface area contributed by atoms with Crippen molar-refractivity contribution in [1.29, 1.82) is 0 Å². The van der Waals surface area contributed by atoms with Gasteiger partial charge in [-0.3, -0.25) is 4.79 Å². The van der Waals surface area contributed by atoms with E-state index in [4.69, 9.17) is 16.3 Å². The lowest BCUT2D eigenvalue weighted by Gasteiger charge is -2.02. The van der Waals surface area contributed by atoms with E-state index in [9.17, 15) is 4.79 Å². The molecule has 28 heavy (non-hydrogen) atoms. The van der Waals surface area contributed by atoms with Crippen LogP contribution in [0.15, 0.2) is 58.2 Å². The molecule has 0 aliphatic heterocycles. The van der Waals surface area contributed by atoms with E-state index < -0.39 is 0 Å². The summed E-state index contributed by atoms with van der Waals surface area (Å²) in [5.41, 5.74) is 1.11. The Bertz CT molecular complexity index is 1160. The molecule has 0 spiro atoms. The van der Waals surface area contributed by atoms with E-state index in [-0.39, 0.29) is 12.2 Å². The van der Waals surface area contributed by atoms with E-state index in [2.05, 4.69) is 15.3 Å². The molecule has 4 rings (SSSR count). The molecule has 0 aliphatic carbocycles. The predicted octanol–water partition coefficient (Wildman–Crippen LogP) is 4.09. The highest BCUT2D eigenvalue weighted by molar-refractivity contribution is 7.98. The third-order valence-corrected chi connectivity index (χ3v) is 5.87. The van der Waals surface area contributed by atoms with Gasteiger partial charge in [0.1, 0.15) is 18.1 Å². The lowest BCUT2D eigenvalue weighted by Crippen LogP contribution is -2.22. The minimum absolute atomic E-state index is 0.237. The number of halogens is 1. The van der Waals surface area contributed by atoms with Gasteiger partial charge in [-0.05, 0) is 48.2 Å². The molecule has 0 unspecified atom stereocenters. The maximum atomic E-state index is 12.7. The number of hydrogen-bond acceptors (Lipinski definition) is 7. The van der Waals surface area contributed by atoms with E-state index in [0.29, 0.717) is 32.9 Å². The molecule has 2 heterocycles. The Morgan fingerprint density at radius 3 is 2.57 bits per heavy atom. The van der Waals surface area contributed by atoms with E-state index in [1.807, 2.05) is 30.5 Å². The van der Waals surface area contributed by atoms with Crippen LogP contribution >= 0.6 is 34.7 Å². The molecule has 0 radical (unpaired) electrons. The van der Waals surface area contributed by atoms with Crippen molar-refractivity contribution in [2.24, 2.45) is 0 Å². The van der Waals surface area contributed by atoms with Crippen LogP contribution in [-0.4, -0.2) is 26.1 Å². The minimum Gasteiger partial charge on any atom is -0.486 e. The molecule has 9 heteroatoms. The van der Waals surface area contributed by atoms with Gasteiger partial charge in [-0.25, -0.2) is 0 Å². The lowest BCUT2D eigenvalue weighted by atomic mass is 10.1. The first-order valence-electron chi connectivity index (χ1n) is 8.38. The van der Waals surface area contributed by atoms with Gasteiger partial charge in [-0.2, -0.15) is 9.61 Å². The third-order valence-electron chi connectivity index (χ3n) is 4.00. The molecule has 2 aromatic carbocycles. The summed E-state index contributed by atoms with van der Waals surface area (Å²) >= 11 is 8.82. The number of ether oxygens (including phenoxy) is 1. The summed E-state index contributed by atoms with van der Waals surface area (Å²) in [5, 5.41) is 13.9.